The van der Waals surface area contributed by atoms with Crippen LogP contribution in [0.4, 0.5) is 0 Å². The van der Waals surface area contributed by atoms with Crippen LogP contribution in [-0.2, 0) is 20.3 Å². The van der Waals surface area contributed by atoms with Gasteiger partial charge in [0.2, 0.25) is 5.91 Å². The van der Waals surface area contributed by atoms with E-state index < -0.39 is 9.05 Å². The quantitative estimate of drug-likeness (QED) is 0.821. The second-order valence-corrected chi connectivity index (χ2v) is 8.11. The molecule has 1 N–H and O–H groups in total. The van der Waals surface area contributed by atoms with Crippen molar-refractivity contribution in [1.82, 2.24) is 5.32 Å². The van der Waals surface area contributed by atoms with Crippen molar-refractivity contribution in [3.8, 4) is 0 Å². The van der Waals surface area contributed by atoms with Crippen molar-refractivity contribution in [2.75, 3.05) is 6.54 Å². The van der Waals surface area contributed by atoms with Crippen LogP contribution in [0.5, 0.6) is 0 Å². The molecule has 1 aromatic heterocycles. The number of amides is 1. The molecule has 0 aliphatic heterocycles. The third kappa shape index (κ3) is 4.96. The molecule has 0 fully saturated rings. The van der Waals surface area contributed by atoms with Crippen LogP contribution in [0, 0.1) is 5.92 Å². The molecule has 0 aliphatic carbocycles. The van der Waals surface area contributed by atoms with Crippen LogP contribution in [0.2, 0.25) is 0 Å². The number of thiophene rings is 1. The fraction of sp³-hybridized carbons (Fsp3) is 0.545. The van der Waals surface area contributed by atoms with Crippen LogP contribution in [0.15, 0.2) is 16.3 Å². The average Bonchev–Trinajstić information content (AvgIpc) is 2.74. The molecule has 0 aliphatic rings. The molecular formula is C11H16ClNO3S2. The molecule has 4 nitrogen and oxygen atoms in total. The van der Waals surface area contributed by atoms with Crippen LogP contribution in [-0.4, -0.2) is 20.9 Å². The monoisotopic (exact) mass is 309 g/mol. The SMILES string of the molecule is CCC(C)CNC(=O)Cc1ccc(S(=O)(=O)Cl)s1. The molecule has 1 amide bonds. The minimum absolute atomic E-state index is 0.0777. The zero-order chi connectivity index (χ0) is 13.8. The van der Waals surface area contributed by atoms with Gasteiger partial charge < -0.3 is 5.32 Å². The van der Waals surface area contributed by atoms with E-state index in [1.165, 1.54) is 6.07 Å². The van der Waals surface area contributed by atoms with E-state index in [9.17, 15) is 13.2 Å². The summed E-state index contributed by atoms with van der Waals surface area (Å²) in [5.41, 5.74) is 0. The molecule has 0 aromatic carbocycles. The minimum atomic E-state index is -3.69. The molecule has 1 heterocycles. The van der Waals surface area contributed by atoms with Gasteiger partial charge >= 0.3 is 0 Å². The van der Waals surface area contributed by atoms with Gasteiger partial charge in [-0.25, -0.2) is 8.42 Å². The van der Waals surface area contributed by atoms with E-state index in [2.05, 4.69) is 19.2 Å². The Morgan fingerprint density at radius 2 is 2.17 bits per heavy atom. The van der Waals surface area contributed by atoms with E-state index in [1.807, 2.05) is 0 Å². The predicted octanol–water partition coefficient (Wildman–Crippen LogP) is 2.38. The van der Waals surface area contributed by atoms with Crippen LogP contribution < -0.4 is 5.32 Å². The normalized spacial score (nSPS) is 13.3. The number of nitrogens with one attached hydrogen (secondary N) is 1. The van der Waals surface area contributed by atoms with Gasteiger partial charge in [0.1, 0.15) is 4.21 Å². The maximum Gasteiger partial charge on any atom is 0.270 e. The van der Waals surface area contributed by atoms with Crippen molar-refractivity contribution < 1.29 is 13.2 Å². The largest absolute Gasteiger partial charge is 0.356 e. The molecule has 0 radical (unpaired) electrons. The Balaban J connectivity index is 2.53. The molecule has 18 heavy (non-hydrogen) atoms. The van der Waals surface area contributed by atoms with E-state index in [-0.39, 0.29) is 16.5 Å². The Morgan fingerprint density at radius 3 is 2.67 bits per heavy atom. The second-order valence-electron chi connectivity index (χ2n) is 4.15. The van der Waals surface area contributed by atoms with Gasteiger partial charge in [-0.05, 0) is 18.1 Å². The smallest absolute Gasteiger partial charge is 0.270 e. The molecule has 7 heteroatoms. The minimum Gasteiger partial charge on any atom is -0.356 e. The zero-order valence-electron chi connectivity index (χ0n) is 10.3. The molecule has 0 saturated carbocycles. The van der Waals surface area contributed by atoms with Gasteiger partial charge in [0, 0.05) is 22.1 Å². The molecule has 1 atom stereocenters. The topological polar surface area (TPSA) is 63.2 Å². The standard InChI is InChI=1S/C11H16ClNO3S2/c1-3-8(2)7-13-10(14)6-9-4-5-11(17-9)18(12,15)16/h4-5,8H,3,6-7H2,1-2H3,(H,13,14). The van der Waals surface area contributed by atoms with Crippen molar-refractivity contribution >= 4 is 37.0 Å². The first kappa shape index (κ1) is 15.5. The van der Waals surface area contributed by atoms with E-state index in [0.717, 1.165) is 17.8 Å². The number of hydrogen-bond acceptors (Lipinski definition) is 4. The van der Waals surface area contributed by atoms with Crippen LogP contribution in [0.25, 0.3) is 0 Å². The molecule has 0 saturated heterocycles. The molecular weight excluding hydrogens is 294 g/mol. The fourth-order valence-corrected chi connectivity index (χ4v) is 3.36. The van der Waals surface area contributed by atoms with Crippen molar-refractivity contribution in [3.63, 3.8) is 0 Å². The number of rotatable bonds is 6. The Kier molecular flexibility index (Phi) is 5.62. The first-order chi connectivity index (χ1) is 8.32. The lowest BCUT2D eigenvalue weighted by atomic mass is 10.1. The first-order valence-electron chi connectivity index (χ1n) is 5.63. The van der Waals surface area contributed by atoms with Crippen molar-refractivity contribution in [1.29, 1.82) is 0 Å². The van der Waals surface area contributed by atoms with Gasteiger partial charge in [-0.1, -0.05) is 20.3 Å². The van der Waals surface area contributed by atoms with Crippen LogP contribution in [0.1, 0.15) is 25.1 Å². The Hall–Kier alpha value is -0.590. The lowest BCUT2D eigenvalue weighted by molar-refractivity contribution is -0.120. The molecule has 1 rings (SSSR count). The number of carbonyl (C=O) groups is 1. The second kappa shape index (κ2) is 6.54. The molecule has 102 valence electrons. The van der Waals surface area contributed by atoms with E-state index in [0.29, 0.717) is 17.3 Å². The van der Waals surface area contributed by atoms with Crippen LogP contribution >= 0.6 is 22.0 Å². The van der Waals surface area contributed by atoms with Gasteiger partial charge in [-0.3, -0.25) is 4.79 Å². The highest BCUT2D eigenvalue weighted by Crippen LogP contribution is 2.24. The summed E-state index contributed by atoms with van der Waals surface area (Å²) in [6.45, 7) is 4.76. The zero-order valence-corrected chi connectivity index (χ0v) is 12.7. The number of halogens is 1. The van der Waals surface area contributed by atoms with Crippen molar-refractivity contribution in [3.05, 3.63) is 17.0 Å². The molecule has 0 bridgehead atoms. The van der Waals surface area contributed by atoms with Gasteiger partial charge in [0.25, 0.3) is 9.05 Å². The Bertz CT molecular complexity index is 510. The molecule has 1 aromatic rings. The third-order valence-corrected chi connectivity index (χ3v) is 5.73. The van der Waals surface area contributed by atoms with E-state index >= 15 is 0 Å². The highest BCUT2D eigenvalue weighted by molar-refractivity contribution is 8.15. The summed E-state index contributed by atoms with van der Waals surface area (Å²) in [5.74, 6) is 0.340. The molecule has 0 spiro atoms. The maximum atomic E-state index is 11.6. The van der Waals surface area contributed by atoms with E-state index in [4.69, 9.17) is 10.7 Å². The predicted molar refractivity (Wildman–Crippen MR) is 73.5 cm³/mol. The Morgan fingerprint density at radius 1 is 1.50 bits per heavy atom. The summed E-state index contributed by atoms with van der Waals surface area (Å²) in [6.07, 6.45) is 1.20. The number of carbonyl (C=O) groups excluding carboxylic acids is 1. The van der Waals surface area contributed by atoms with E-state index in [1.54, 1.807) is 6.07 Å². The maximum absolute atomic E-state index is 11.6. The fourth-order valence-electron chi connectivity index (χ4n) is 1.24. The van der Waals surface area contributed by atoms with Gasteiger partial charge in [0.05, 0.1) is 6.42 Å². The lowest BCUT2D eigenvalue weighted by Crippen LogP contribution is -2.29. The first-order valence-corrected chi connectivity index (χ1v) is 8.75. The highest BCUT2D eigenvalue weighted by Gasteiger charge is 2.14. The summed E-state index contributed by atoms with van der Waals surface area (Å²) >= 11 is 1.03. The van der Waals surface area contributed by atoms with Gasteiger partial charge in [-0.15, -0.1) is 11.3 Å². The Labute approximate surface area is 116 Å². The van der Waals surface area contributed by atoms with Crippen LogP contribution in [0.3, 0.4) is 0 Å². The lowest BCUT2D eigenvalue weighted by Gasteiger charge is -2.09. The third-order valence-electron chi connectivity index (χ3n) is 2.56. The molecule has 1 unspecified atom stereocenters. The average molecular weight is 310 g/mol. The highest BCUT2D eigenvalue weighted by atomic mass is 35.7. The van der Waals surface area contributed by atoms with Crippen molar-refractivity contribution in [2.45, 2.75) is 30.9 Å². The van der Waals surface area contributed by atoms with Crippen molar-refractivity contribution in [2.24, 2.45) is 5.92 Å². The summed E-state index contributed by atoms with van der Waals surface area (Å²) in [6, 6.07) is 3.03. The number of hydrogen-bond donors (Lipinski definition) is 1. The van der Waals surface area contributed by atoms with Gasteiger partial charge in [-0.2, -0.15) is 0 Å². The summed E-state index contributed by atoms with van der Waals surface area (Å²) in [7, 11) is 1.52. The summed E-state index contributed by atoms with van der Waals surface area (Å²) < 4.78 is 22.2. The summed E-state index contributed by atoms with van der Waals surface area (Å²) in [5, 5.41) is 2.82. The summed E-state index contributed by atoms with van der Waals surface area (Å²) in [4.78, 5) is 12.3. The van der Waals surface area contributed by atoms with Gasteiger partial charge in [0.15, 0.2) is 0 Å².